The number of carbonyl (C=O) groups excluding carboxylic acids is 1. The van der Waals surface area contributed by atoms with Crippen LogP contribution in [-0.4, -0.2) is 62.8 Å². The van der Waals surface area contributed by atoms with Gasteiger partial charge in [0.2, 0.25) is 10.0 Å². The highest BCUT2D eigenvalue weighted by atomic mass is 35.5. The Bertz CT molecular complexity index is 1060. The van der Waals surface area contributed by atoms with E-state index < -0.39 is 10.0 Å². The number of rotatable bonds is 6. The minimum Gasteiger partial charge on any atom is -0.349 e. The van der Waals surface area contributed by atoms with Crippen LogP contribution in [0.2, 0.25) is 5.02 Å². The van der Waals surface area contributed by atoms with Gasteiger partial charge in [-0.2, -0.15) is 4.31 Å². The number of nitrogens with zero attached hydrogens (tertiary/aromatic N) is 2. The van der Waals surface area contributed by atoms with Gasteiger partial charge in [0.25, 0.3) is 5.91 Å². The largest absolute Gasteiger partial charge is 0.349 e. The van der Waals surface area contributed by atoms with E-state index in [1.807, 2.05) is 18.2 Å². The van der Waals surface area contributed by atoms with Crippen LogP contribution in [0.15, 0.2) is 53.4 Å². The Morgan fingerprint density at radius 3 is 2.33 bits per heavy atom. The van der Waals surface area contributed by atoms with E-state index in [2.05, 4.69) is 29.4 Å². The van der Waals surface area contributed by atoms with Crippen LogP contribution in [0.25, 0.3) is 0 Å². The van der Waals surface area contributed by atoms with Crippen molar-refractivity contribution in [2.24, 2.45) is 5.92 Å². The van der Waals surface area contributed by atoms with Crippen LogP contribution in [0.3, 0.4) is 0 Å². The van der Waals surface area contributed by atoms with Crippen molar-refractivity contribution in [2.75, 3.05) is 33.2 Å². The van der Waals surface area contributed by atoms with E-state index in [0.29, 0.717) is 24.6 Å². The van der Waals surface area contributed by atoms with Gasteiger partial charge >= 0.3 is 0 Å². The molecule has 0 saturated carbocycles. The van der Waals surface area contributed by atoms with E-state index in [9.17, 15) is 13.2 Å². The fourth-order valence-electron chi connectivity index (χ4n) is 4.70. The molecule has 0 radical (unpaired) electrons. The number of hydrogen-bond donors (Lipinski definition) is 1. The SMILES string of the molecule is CN1CCC(NC(=O)c2ccc(Cl)c(S(=O)(=O)N3CCC(Cc4ccccc4)CC3)c2)CC1. The first kappa shape index (κ1) is 24.2. The van der Waals surface area contributed by atoms with Crippen molar-refractivity contribution < 1.29 is 13.2 Å². The maximum Gasteiger partial charge on any atom is 0.251 e. The van der Waals surface area contributed by atoms with Crippen molar-refractivity contribution >= 4 is 27.5 Å². The summed E-state index contributed by atoms with van der Waals surface area (Å²) in [5.74, 6) is 0.209. The highest BCUT2D eigenvalue weighted by Crippen LogP contribution is 2.30. The van der Waals surface area contributed by atoms with E-state index in [1.54, 1.807) is 6.07 Å². The summed E-state index contributed by atoms with van der Waals surface area (Å²) in [6.45, 7) is 2.79. The molecule has 178 valence electrons. The molecule has 1 amide bonds. The van der Waals surface area contributed by atoms with Gasteiger partial charge in [-0.3, -0.25) is 4.79 Å². The highest BCUT2D eigenvalue weighted by Gasteiger charge is 2.31. The number of piperidine rings is 2. The van der Waals surface area contributed by atoms with Gasteiger partial charge in [0, 0.05) is 24.7 Å². The second-order valence-electron chi connectivity index (χ2n) is 9.23. The first-order valence-electron chi connectivity index (χ1n) is 11.7. The predicted molar refractivity (Wildman–Crippen MR) is 131 cm³/mol. The number of hydrogen-bond acceptors (Lipinski definition) is 4. The summed E-state index contributed by atoms with van der Waals surface area (Å²) in [5.41, 5.74) is 1.61. The molecule has 0 aromatic heterocycles. The quantitative estimate of drug-likeness (QED) is 0.670. The van der Waals surface area contributed by atoms with Crippen LogP contribution >= 0.6 is 11.6 Å². The van der Waals surface area contributed by atoms with Gasteiger partial charge in [0.15, 0.2) is 0 Å². The van der Waals surface area contributed by atoms with Gasteiger partial charge in [-0.1, -0.05) is 41.9 Å². The summed E-state index contributed by atoms with van der Waals surface area (Å²) in [7, 11) is -1.70. The highest BCUT2D eigenvalue weighted by molar-refractivity contribution is 7.89. The van der Waals surface area contributed by atoms with Crippen LogP contribution < -0.4 is 5.32 Å². The second kappa shape index (κ2) is 10.6. The fraction of sp³-hybridized carbons (Fsp3) is 0.480. The Balaban J connectivity index is 1.41. The average Bonchev–Trinajstić information content (AvgIpc) is 2.82. The molecule has 0 aliphatic carbocycles. The van der Waals surface area contributed by atoms with Crippen molar-refractivity contribution in [1.29, 1.82) is 0 Å². The van der Waals surface area contributed by atoms with Gasteiger partial charge in [-0.25, -0.2) is 8.42 Å². The molecule has 1 N–H and O–H groups in total. The minimum absolute atomic E-state index is 0.0155. The van der Waals surface area contributed by atoms with Crippen molar-refractivity contribution in [3.05, 3.63) is 64.7 Å². The number of halogens is 1. The van der Waals surface area contributed by atoms with Crippen LogP contribution in [0.4, 0.5) is 0 Å². The number of benzene rings is 2. The molecule has 0 spiro atoms. The van der Waals surface area contributed by atoms with E-state index in [1.165, 1.54) is 22.0 Å². The fourth-order valence-corrected chi connectivity index (χ4v) is 6.67. The molecule has 2 aromatic carbocycles. The van der Waals surface area contributed by atoms with E-state index >= 15 is 0 Å². The lowest BCUT2D eigenvalue weighted by Gasteiger charge is -2.31. The maximum atomic E-state index is 13.4. The molecule has 2 saturated heterocycles. The summed E-state index contributed by atoms with van der Waals surface area (Å²) in [6.07, 6.45) is 4.35. The van der Waals surface area contributed by atoms with E-state index in [4.69, 9.17) is 11.6 Å². The van der Waals surface area contributed by atoms with Gasteiger partial charge < -0.3 is 10.2 Å². The van der Waals surface area contributed by atoms with Crippen LogP contribution in [0.1, 0.15) is 41.6 Å². The Hall–Kier alpha value is -1.93. The molecule has 2 fully saturated rings. The molecule has 4 rings (SSSR count). The summed E-state index contributed by atoms with van der Waals surface area (Å²) in [5, 5.41) is 3.20. The van der Waals surface area contributed by atoms with Crippen molar-refractivity contribution in [3.63, 3.8) is 0 Å². The second-order valence-corrected chi connectivity index (χ2v) is 11.5. The van der Waals surface area contributed by atoms with Crippen LogP contribution in [-0.2, 0) is 16.4 Å². The third-order valence-corrected chi connectivity index (χ3v) is 9.19. The molecule has 8 heteroatoms. The zero-order valence-corrected chi connectivity index (χ0v) is 20.6. The number of sulfonamides is 1. The normalized spacial score (nSPS) is 19.5. The molecule has 33 heavy (non-hydrogen) atoms. The Morgan fingerprint density at radius 1 is 1.00 bits per heavy atom. The maximum absolute atomic E-state index is 13.4. The summed E-state index contributed by atoms with van der Waals surface area (Å²) >= 11 is 6.31. The first-order chi connectivity index (χ1) is 15.8. The minimum atomic E-state index is -3.77. The summed E-state index contributed by atoms with van der Waals surface area (Å²) in [4.78, 5) is 15.1. The molecule has 2 aliphatic heterocycles. The monoisotopic (exact) mass is 489 g/mol. The lowest BCUT2D eigenvalue weighted by Crippen LogP contribution is -2.43. The molecule has 2 aliphatic rings. The predicted octanol–water partition coefficient (Wildman–Crippen LogP) is 3.81. The molecule has 2 heterocycles. The molecule has 0 atom stereocenters. The van der Waals surface area contributed by atoms with Crippen LogP contribution in [0, 0.1) is 5.92 Å². The third-order valence-electron chi connectivity index (χ3n) is 6.81. The molecule has 2 aromatic rings. The first-order valence-corrected chi connectivity index (χ1v) is 13.5. The zero-order valence-electron chi connectivity index (χ0n) is 19.0. The smallest absolute Gasteiger partial charge is 0.251 e. The Labute approximate surface area is 202 Å². The molecule has 6 nitrogen and oxygen atoms in total. The lowest BCUT2D eigenvalue weighted by molar-refractivity contribution is 0.0916. The van der Waals surface area contributed by atoms with Crippen molar-refractivity contribution in [2.45, 2.75) is 43.0 Å². The van der Waals surface area contributed by atoms with E-state index in [0.717, 1.165) is 45.2 Å². The third kappa shape index (κ3) is 5.96. The van der Waals surface area contributed by atoms with Crippen molar-refractivity contribution in [1.82, 2.24) is 14.5 Å². The summed E-state index contributed by atoms with van der Waals surface area (Å²) < 4.78 is 28.3. The summed E-state index contributed by atoms with van der Waals surface area (Å²) in [6, 6.07) is 14.9. The lowest BCUT2D eigenvalue weighted by atomic mass is 9.91. The number of carbonyl (C=O) groups is 1. The number of nitrogens with one attached hydrogen (secondary N) is 1. The van der Waals surface area contributed by atoms with Gasteiger partial charge in [0.1, 0.15) is 4.90 Å². The van der Waals surface area contributed by atoms with E-state index in [-0.39, 0.29) is 21.9 Å². The molecular formula is C25H32ClN3O3S. The Kier molecular flexibility index (Phi) is 7.74. The van der Waals surface area contributed by atoms with Crippen LogP contribution in [0.5, 0.6) is 0 Å². The average molecular weight is 490 g/mol. The molecular weight excluding hydrogens is 458 g/mol. The standard InChI is InChI=1S/C25H32ClN3O3S/c1-28-13-11-22(12-14-28)27-25(30)21-7-8-23(26)24(18-21)33(31,32)29-15-9-20(10-16-29)17-19-5-3-2-4-6-19/h2-8,18,20,22H,9-17H2,1H3,(H,27,30). The molecule has 0 unspecified atom stereocenters. The van der Waals surface area contributed by atoms with Gasteiger partial charge in [0.05, 0.1) is 5.02 Å². The van der Waals surface area contributed by atoms with Crippen molar-refractivity contribution in [3.8, 4) is 0 Å². The number of likely N-dealkylation sites (tertiary alicyclic amines) is 1. The molecule has 0 bridgehead atoms. The zero-order chi connectivity index (χ0) is 23.4. The van der Waals surface area contributed by atoms with Gasteiger partial charge in [-0.15, -0.1) is 0 Å². The number of amides is 1. The topological polar surface area (TPSA) is 69.7 Å². The Morgan fingerprint density at radius 2 is 1.67 bits per heavy atom. The van der Waals surface area contributed by atoms with Gasteiger partial charge in [-0.05, 0) is 81.9 Å².